The van der Waals surface area contributed by atoms with Crippen LogP contribution in [0.25, 0.3) is 21.1 Å². The van der Waals surface area contributed by atoms with Gasteiger partial charge in [0.05, 0.1) is 15.4 Å². The number of rotatable bonds is 3. The predicted molar refractivity (Wildman–Crippen MR) is 115 cm³/mol. The van der Waals surface area contributed by atoms with Gasteiger partial charge in [-0.3, -0.25) is 20.1 Å². The Bertz CT molecular complexity index is 909. The molecule has 0 atom stereocenters. The Labute approximate surface area is 185 Å². The topological polar surface area (TPSA) is 77.3 Å². The molecular formula is C18H21Br2N4OS2-. The number of thiophene rings is 2. The summed E-state index contributed by atoms with van der Waals surface area (Å²) in [6, 6.07) is 11.6. The lowest BCUT2D eigenvalue weighted by molar-refractivity contribution is -0.00000539. The molecule has 146 valence electrons. The molecule has 0 aliphatic carbocycles. The molecule has 0 amide bonds. The van der Waals surface area contributed by atoms with E-state index in [2.05, 4.69) is 54.7 Å². The number of aromatic nitrogens is 4. The van der Waals surface area contributed by atoms with Crippen molar-refractivity contribution in [3.63, 3.8) is 0 Å². The van der Waals surface area contributed by atoms with Gasteiger partial charge >= 0.3 is 0 Å². The van der Waals surface area contributed by atoms with Gasteiger partial charge in [0.25, 0.3) is 5.56 Å². The van der Waals surface area contributed by atoms with Crippen LogP contribution < -0.4 is 22.5 Å². The maximum Gasteiger partial charge on any atom is 0.264 e. The van der Waals surface area contributed by atoms with Crippen LogP contribution >= 0.6 is 38.6 Å². The fraction of sp³-hybridized carbons (Fsp3) is 0.222. The zero-order valence-corrected chi connectivity index (χ0v) is 19.8. The van der Waals surface area contributed by atoms with Gasteiger partial charge in [-0.25, -0.2) is 0 Å². The molecule has 0 fully saturated rings. The normalized spacial score (nSPS) is 9.44. The largest absolute Gasteiger partial charge is 1.00 e. The number of halogens is 2. The van der Waals surface area contributed by atoms with Crippen molar-refractivity contribution in [2.75, 3.05) is 5.33 Å². The van der Waals surface area contributed by atoms with E-state index >= 15 is 0 Å². The second-order valence-corrected chi connectivity index (χ2v) is 7.94. The molecule has 0 saturated carbocycles. The third kappa shape index (κ3) is 8.00. The molecule has 4 heterocycles. The van der Waals surface area contributed by atoms with Gasteiger partial charge in [-0.1, -0.05) is 35.0 Å². The number of aryl methyl sites for hydroxylation is 1. The van der Waals surface area contributed by atoms with Crippen LogP contribution in [0.2, 0.25) is 0 Å². The summed E-state index contributed by atoms with van der Waals surface area (Å²) in [6.07, 6.45) is 1.24. The second kappa shape index (κ2) is 12.9. The summed E-state index contributed by atoms with van der Waals surface area (Å²) >= 11 is 6.55. The molecule has 4 aromatic heterocycles. The highest BCUT2D eigenvalue weighted by molar-refractivity contribution is 9.09. The first-order valence-electron chi connectivity index (χ1n) is 8.07. The van der Waals surface area contributed by atoms with E-state index in [-0.39, 0.29) is 22.5 Å². The summed E-state index contributed by atoms with van der Waals surface area (Å²) in [4.78, 5) is 13.0. The molecule has 0 aliphatic heterocycles. The van der Waals surface area contributed by atoms with Crippen LogP contribution in [-0.2, 0) is 0 Å². The maximum absolute atomic E-state index is 10.7. The molecule has 4 aromatic rings. The molecule has 0 aromatic carbocycles. The van der Waals surface area contributed by atoms with Crippen molar-refractivity contribution in [3.8, 4) is 21.1 Å². The van der Waals surface area contributed by atoms with Crippen molar-refractivity contribution >= 4 is 38.6 Å². The van der Waals surface area contributed by atoms with Gasteiger partial charge in [0.1, 0.15) is 5.69 Å². The van der Waals surface area contributed by atoms with E-state index in [9.17, 15) is 4.79 Å². The highest BCUT2D eigenvalue weighted by atomic mass is 79.9. The Morgan fingerprint density at radius 2 is 1.70 bits per heavy atom. The number of nitrogens with one attached hydrogen (secondary N) is 3. The monoisotopic (exact) mass is 531 g/mol. The lowest BCUT2D eigenvalue weighted by Crippen LogP contribution is -3.00. The Balaban J connectivity index is 0.000000220. The SMILES string of the molecule is CCCBr.Cc1cc(-c2cccs2)n[nH]1.O=c1cc(-c2cccs2)[nH][nH]1.[Br-]. The summed E-state index contributed by atoms with van der Waals surface area (Å²) in [5.74, 6) is 0. The Morgan fingerprint density at radius 3 is 2.11 bits per heavy atom. The Hall–Kier alpha value is -1.42. The Morgan fingerprint density at radius 1 is 1.07 bits per heavy atom. The maximum atomic E-state index is 10.7. The smallest absolute Gasteiger partial charge is 0.264 e. The summed E-state index contributed by atoms with van der Waals surface area (Å²) in [5.41, 5.74) is 2.91. The molecule has 0 aliphatic rings. The van der Waals surface area contributed by atoms with Crippen LogP contribution in [0, 0.1) is 6.92 Å². The van der Waals surface area contributed by atoms with Crippen molar-refractivity contribution in [1.29, 1.82) is 0 Å². The summed E-state index contributed by atoms with van der Waals surface area (Å²) in [6.45, 7) is 4.14. The minimum absolute atomic E-state index is 0. The van der Waals surface area contributed by atoms with Crippen LogP contribution in [-0.4, -0.2) is 25.7 Å². The highest BCUT2D eigenvalue weighted by Gasteiger charge is 2.00. The van der Waals surface area contributed by atoms with Crippen molar-refractivity contribution in [3.05, 3.63) is 63.2 Å². The summed E-state index contributed by atoms with van der Waals surface area (Å²) in [7, 11) is 0. The minimum atomic E-state index is -0.0894. The second-order valence-electron chi connectivity index (χ2n) is 5.25. The third-order valence-electron chi connectivity index (χ3n) is 3.05. The van der Waals surface area contributed by atoms with E-state index < -0.39 is 0 Å². The zero-order valence-electron chi connectivity index (χ0n) is 15.0. The van der Waals surface area contributed by atoms with Crippen LogP contribution in [0.4, 0.5) is 0 Å². The van der Waals surface area contributed by atoms with Gasteiger partial charge in [-0.15, -0.1) is 22.7 Å². The summed E-state index contributed by atoms with van der Waals surface area (Å²) in [5, 5.41) is 17.5. The molecule has 0 bridgehead atoms. The molecule has 27 heavy (non-hydrogen) atoms. The van der Waals surface area contributed by atoms with Crippen LogP contribution in [0.1, 0.15) is 19.0 Å². The number of hydrogen-bond donors (Lipinski definition) is 3. The molecule has 4 rings (SSSR count). The first-order valence-corrected chi connectivity index (χ1v) is 11.0. The third-order valence-corrected chi connectivity index (χ3v) is 5.64. The van der Waals surface area contributed by atoms with Gasteiger partial charge in [0, 0.05) is 17.1 Å². The number of H-pyrrole nitrogens is 3. The van der Waals surface area contributed by atoms with Gasteiger partial charge in [-0.05, 0) is 42.3 Å². The highest BCUT2D eigenvalue weighted by Crippen LogP contribution is 2.22. The predicted octanol–water partition coefficient (Wildman–Crippen LogP) is 2.67. The number of nitrogens with zero attached hydrogens (tertiary/aromatic N) is 1. The van der Waals surface area contributed by atoms with E-state index in [0.29, 0.717) is 0 Å². The lowest BCUT2D eigenvalue weighted by atomic mass is 10.3. The summed E-state index contributed by atoms with van der Waals surface area (Å²) < 4.78 is 0. The van der Waals surface area contributed by atoms with Crippen LogP contribution in [0.15, 0.2) is 52.0 Å². The standard InChI is InChI=1S/C8H8N2S.C7H6N2OS.C3H7Br.BrH/c1-6-5-7(10-9-6)8-3-2-4-11-8;10-7-4-5(8-9-7)6-2-1-3-11-6;1-2-3-4;/h2-5H,1H3,(H,9,10);1-4H,(H2,8,9,10);2-3H2,1H3;1H/p-1. The van der Waals surface area contributed by atoms with E-state index in [1.165, 1.54) is 11.3 Å². The first kappa shape index (κ1) is 23.6. The van der Waals surface area contributed by atoms with Gasteiger partial charge in [-0.2, -0.15) is 5.10 Å². The van der Waals surface area contributed by atoms with E-state index in [0.717, 1.165) is 27.3 Å². The quantitative estimate of drug-likeness (QED) is 0.355. The van der Waals surface area contributed by atoms with E-state index in [4.69, 9.17) is 0 Å². The van der Waals surface area contributed by atoms with E-state index in [1.807, 2.05) is 36.6 Å². The molecule has 0 spiro atoms. The van der Waals surface area contributed by atoms with Crippen molar-refractivity contribution in [2.24, 2.45) is 0 Å². The number of hydrogen-bond acceptors (Lipinski definition) is 4. The molecular weight excluding hydrogens is 512 g/mol. The van der Waals surface area contributed by atoms with Gasteiger partial charge in [0.2, 0.25) is 0 Å². The Kier molecular flexibility index (Phi) is 11.3. The number of alkyl halides is 1. The lowest BCUT2D eigenvalue weighted by Gasteiger charge is -1.85. The average Bonchev–Trinajstić information content (AvgIpc) is 3.42. The van der Waals surface area contributed by atoms with Crippen molar-refractivity contribution in [2.45, 2.75) is 20.3 Å². The molecule has 9 heteroatoms. The zero-order chi connectivity index (χ0) is 18.8. The number of aromatic amines is 3. The molecule has 0 unspecified atom stereocenters. The van der Waals surface area contributed by atoms with Gasteiger partial charge in [0.15, 0.2) is 0 Å². The molecule has 0 saturated heterocycles. The fourth-order valence-corrected chi connectivity index (χ4v) is 3.25. The fourth-order valence-electron chi connectivity index (χ4n) is 1.87. The molecule has 5 nitrogen and oxygen atoms in total. The van der Waals surface area contributed by atoms with Crippen molar-refractivity contribution < 1.29 is 17.0 Å². The van der Waals surface area contributed by atoms with Crippen LogP contribution in [0.3, 0.4) is 0 Å². The van der Waals surface area contributed by atoms with Crippen molar-refractivity contribution in [1.82, 2.24) is 20.4 Å². The molecule has 3 N–H and O–H groups in total. The minimum Gasteiger partial charge on any atom is -1.00 e. The van der Waals surface area contributed by atoms with Crippen LogP contribution in [0.5, 0.6) is 0 Å². The van der Waals surface area contributed by atoms with E-state index in [1.54, 1.807) is 28.7 Å². The first-order chi connectivity index (χ1) is 12.6. The molecule has 0 radical (unpaired) electrons. The average molecular weight is 533 g/mol. The van der Waals surface area contributed by atoms with Gasteiger partial charge < -0.3 is 17.0 Å².